The Morgan fingerprint density at radius 1 is 1.04 bits per heavy atom. The molecule has 1 aliphatic rings. The first-order chi connectivity index (χ1) is 13.2. The van der Waals surface area contributed by atoms with E-state index in [0.29, 0.717) is 17.1 Å². The Kier molecular flexibility index (Phi) is 4.38. The SMILES string of the molecule is COc1ccc(OC)c(N[C@H]2c3ccccc3C(=O)N2c2cccnc2)c1. The van der Waals surface area contributed by atoms with E-state index in [2.05, 4.69) is 10.3 Å². The maximum Gasteiger partial charge on any atom is 0.260 e. The van der Waals surface area contributed by atoms with Gasteiger partial charge in [0.15, 0.2) is 0 Å². The van der Waals surface area contributed by atoms with Crippen molar-refractivity contribution in [2.75, 3.05) is 24.4 Å². The Hall–Kier alpha value is -3.54. The van der Waals surface area contributed by atoms with E-state index in [-0.39, 0.29) is 12.1 Å². The Balaban J connectivity index is 1.80. The maximum atomic E-state index is 13.1. The van der Waals surface area contributed by atoms with Gasteiger partial charge < -0.3 is 14.8 Å². The number of hydrogen-bond donors (Lipinski definition) is 1. The quantitative estimate of drug-likeness (QED) is 0.747. The summed E-state index contributed by atoms with van der Waals surface area (Å²) >= 11 is 0. The Bertz CT molecular complexity index is 975. The first-order valence-electron chi connectivity index (χ1n) is 8.54. The first-order valence-corrected chi connectivity index (χ1v) is 8.54. The fourth-order valence-electron chi connectivity index (χ4n) is 3.30. The number of nitrogens with one attached hydrogen (secondary N) is 1. The topological polar surface area (TPSA) is 63.7 Å². The maximum absolute atomic E-state index is 13.1. The Morgan fingerprint density at radius 2 is 1.89 bits per heavy atom. The summed E-state index contributed by atoms with van der Waals surface area (Å²) in [6.07, 6.45) is 2.98. The van der Waals surface area contributed by atoms with E-state index >= 15 is 0 Å². The smallest absolute Gasteiger partial charge is 0.260 e. The molecule has 0 unspecified atom stereocenters. The normalized spacial score (nSPS) is 15.4. The van der Waals surface area contributed by atoms with Gasteiger partial charge in [-0.15, -0.1) is 0 Å². The molecular weight excluding hydrogens is 342 g/mol. The lowest BCUT2D eigenvalue weighted by molar-refractivity contribution is 0.0993. The number of fused-ring (bicyclic) bond motifs is 1. The van der Waals surface area contributed by atoms with Crippen LogP contribution in [0.4, 0.5) is 11.4 Å². The van der Waals surface area contributed by atoms with Crippen LogP contribution in [-0.4, -0.2) is 25.1 Å². The summed E-state index contributed by atoms with van der Waals surface area (Å²) in [7, 11) is 3.22. The molecule has 0 saturated carbocycles. The summed E-state index contributed by atoms with van der Waals surface area (Å²) in [6.45, 7) is 0. The third-order valence-corrected chi connectivity index (χ3v) is 4.59. The van der Waals surface area contributed by atoms with E-state index in [0.717, 1.165) is 16.9 Å². The number of anilines is 2. The van der Waals surface area contributed by atoms with Gasteiger partial charge in [-0.05, 0) is 30.3 Å². The minimum absolute atomic E-state index is 0.0713. The molecule has 3 aromatic rings. The van der Waals surface area contributed by atoms with E-state index in [1.165, 1.54) is 0 Å². The number of pyridine rings is 1. The van der Waals surface area contributed by atoms with Crippen LogP contribution in [-0.2, 0) is 0 Å². The van der Waals surface area contributed by atoms with Gasteiger partial charge in [-0.25, -0.2) is 0 Å². The van der Waals surface area contributed by atoms with Crippen molar-refractivity contribution in [1.82, 2.24) is 4.98 Å². The van der Waals surface area contributed by atoms with Crippen molar-refractivity contribution in [2.24, 2.45) is 0 Å². The highest BCUT2D eigenvalue weighted by molar-refractivity contribution is 6.11. The van der Waals surface area contributed by atoms with Gasteiger partial charge in [0, 0.05) is 23.4 Å². The number of aromatic nitrogens is 1. The first kappa shape index (κ1) is 16.9. The molecule has 2 aromatic carbocycles. The van der Waals surface area contributed by atoms with Gasteiger partial charge in [0.1, 0.15) is 17.7 Å². The van der Waals surface area contributed by atoms with Crippen molar-refractivity contribution in [3.8, 4) is 11.5 Å². The van der Waals surface area contributed by atoms with Crippen molar-refractivity contribution in [2.45, 2.75) is 6.17 Å². The summed E-state index contributed by atoms with van der Waals surface area (Å²) in [6, 6.07) is 16.8. The molecule has 136 valence electrons. The molecule has 1 aromatic heterocycles. The minimum Gasteiger partial charge on any atom is -0.497 e. The van der Waals surface area contributed by atoms with E-state index in [9.17, 15) is 4.79 Å². The highest BCUT2D eigenvalue weighted by atomic mass is 16.5. The predicted octanol–water partition coefficient (Wildman–Crippen LogP) is 3.87. The van der Waals surface area contributed by atoms with Crippen LogP contribution in [0.5, 0.6) is 11.5 Å². The van der Waals surface area contributed by atoms with Gasteiger partial charge in [-0.2, -0.15) is 0 Å². The predicted molar refractivity (Wildman–Crippen MR) is 103 cm³/mol. The second kappa shape index (κ2) is 6.99. The number of hydrogen-bond acceptors (Lipinski definition) is 5. The largest absolute Gasteiger partial charge is 0.497 e. The molecule has 1 aliphatic heterocycles. The molecule has 0 saturated heterocycles. The van der Waals surface area contributed by atoms with Crippen molar-refractivity contribution in [1.29, 1.82) is 0 Å². The minimum atomic E-state index is -0.390. The lowest BCUT2D eigenvalue weighted by Crippen LogP contribution is -2.32. The van der Waals surface area contributed by atoms with Crippen LogP contribution in [0.2, 0.25) is 0 Å². The molecular formula is C21H19N3O3. The zero-order valence-corrected chi connectivity index (χ0v) is 15.0. The lowest BCUT2D eigenvalue weighted by Gasteiger charge is -2.27. The van der Waals surface area contributed by atoms with Crippen LogP contribution in [0.15, 0.2) is 67.0 Å². The van der Waals surface area contributed by atoms with Gasteiger partial charge in [0.05, 0.1) is 31.8 Å². The fraction of sp³-hybridized carbons (Fsp3) is 0.143. The van der Waals surface area contributed by atoms with E-state index < -0.39 is 0 Å². The van der Waals surface area contributed by atoms with Gasteiger partial charge >= 0.3 is 0 Å². The monoisotopic (exact) mass is 361 g/mol. The average Bonchev–Trinajstić information content (AvgIpc) is 3.00. The molecule has 0 bridgehead atoms. The average molecular weight is 361 g/mol. The second-order valence-electron chi connectivity index (χ2n) is 6.09. The number of carbonyl (C=O) groups excluding carboxylic acids is 1. The highest BCUT2D eigenvalue weighted by Gasteiger charge is 2.38. The fourth-order valence-corrected chi connectivity index (χ4v) is 3.30. The van der Waals surface area contributed by atoms with Crippen LogP contribution in [0.25, 0.3) is 0 Å². The molecule has 0 spiro atoms. The molecule has 1 N–H and O–H groups in total. The molecule has 1 amide bonds. The van der Waals surface area contributed by atoms with Crippen molar-refractivity contribution in [3.63, 3.8) is 0 Å². The van der Waals surface area contributed by atoms with Crippen LogP contribution in [0.3, 0.4) is 0 Å². The van der Waals surface area contributed by atoms with E-state index in [1.54, 1.807) is 31.5 Å². The van der Waals surface area contributed by atoms with Crippen LogP contribution < -0.4 is 19.7 Å². The zero-order chi connectivity index (χ0) is 18.8. The summed E-state index contributed by atoms with van der Waals surface area (Å²) in [5, 5.41) is 3.44. The summed E-state index contributed by atoms with van der Waals surface area (Å²) in [4.78, 5) is 18.9. The Labute approximate surface area is 157 Å². The van der Waals surface area contributed by atoms with Gasteiger partial charge in [0.2, 0.25) is 0 Å². The number of benzene rings is 2. The second-order valence-corrected chi connectivity index (χ2v) is 6.09. The van der Waals surface area contributed by atoms with Crippen LogP contribution >= 0.6 is 0 Å². The van der Waals surface area contributed by atoms with E-state index in [1.807, 2.05) is 54.6 Å². The number of methoxy groups -OCH3 is 2. The molecule has 1 atom stereocenters. The summed E-state index contributed by atoms with van der Waals surface area (Å²) < 4.78 is 10.8. The standard InChI is InChI=1S/C21H19N3O3/c1-26-15-9-10-19(27-2)18(12-15)23-20-16-7-3-4-8-17(16)21(25)24(20)14-6-5-11-22-13-14/h3-13,20,23H,1-2H3/t20-/m1/s1. The third kappa shape index (κ3) is 2.95. The number of amides is 1. The third-order valence-electron chi connectivity index (χ3n) is 4.59. The highest BCUT2D eigenvalue weighted by Crippen LogP contribution is 2.40. The van der Waals surface area contributed by atoms with Gasteiger partial charge in [0.25, 0.3) is 5.91 Å². The van der Waals surface area contributed by atoms with Crippen molar-refractivity contribution in [3.05, 3.63) is 78.1 Å². The lowest BCUT2D eigenvalue weighted by atomic mass is 10.1. The molecule has 6 heteroatoms. The molecule has 4 rings (SSSR count). The van der Waals surface area contributed by atoms with Crippen molar-refractivity contribution >= 4 is 17.3 Å². The van der Waals surface area contributed by atoms with E-state index in [4.69, 9.17) is 9.47 Å². The van der Waals surface area contributed by atoms with Gasteiger partial charge in [-0.3, -0.25) is 14.7 Å². The summed E-state index contributed by atoms with van der Waals surface area (Å²) in [5.74, 6) is 1.29. The van der Waals surface area contributed by atoms with Crippen LogP contribution in [0, 0.1) is 0 Å². The van der Waals surface area contributed by atoms with Crippen LogP contribution in [0.1, 0.15) is 22.1 Å². The molecule has 0 aliphatic carbocycles. The van der Waals surface area contributed by atoms with Gasteiger partial charge in [-0.1, -0.05) is 18.2 Å². The number of nitrogens with zero attached hydrogens (tertiary/aromatic N) is 2. The molecule has 6 nitrogen and oxygen atoms in total. The molecule has 27 heavy (non-hydrogen) atoms. The molecule has 2 heterocycles. The number of rotatable bonds is 5. The molecule has 0 fully saturated rings. The molecule has 0 radical (unpaired) electrons. The van der Waals surface area contributed by atoms with Crippen molar-refractivity contribution < 1.29 is 14.3 Å². The Morgan fingerprint density at radius 3 is 2.63 bits per heavy atom. The number of carbonyl (C=O) groups is 1. The summed E-state index contributed by atoms with van der Waals surface area (Å²) in [5.41, 5.74) is 3.02. The zero-order valence-electron chi connectivity index (χ0n) is 15.0. The number of ether oxygens (including phenoxy) is 2.